The fraction of sp³-hybridized carbons (Fsp3) is 0.250. The van der Waals surface area contributed by atoms with Gasteiger partial charge in [0.1, 0.15) is 0 Å². The van der Waals surface area contributed by atoms with Crippen LogP contribution in [0.2, 0.25) is 0 Å². The molecule has 0 unspecified atom stereocenters. The molecule has 0 amide bonds. The molecule has 0 spiro atoms. The third-order valence-electron chi connectivity index (χ3n) is 1.42. The predicted molar refractivity (Wildman–Crippen MR) is 67.3 cm³/mol. The van der Waals surface area contributed by atoms with Crippen molar-refractivity contribution in [3.8, 4) is 0 Å². The number of rotatable bonds is 3. The molecule has 0 aliphatic heterocycles. The molecule has 0 aromatic rings. The molecule has 0 saturated heterocycles. The SMILES string of the molecule is C=CC(=O)O.C=CC(=O)O.CC(C)=C(C)C(=O)O. The first kappa shape index (κ1) is 21.0. The average Bonchev–Trinajstić information content (AvgIpc) is 2.29. The summed E-state index contributed by atoms with van der Waals surface area (Å²) in [6.07, 6.45) is 1.67. The molecule has 0 atom stereocenters. The summed E-state index contributed by atoms with van der Waals surface area (Å²) in [5, 5.41) is 23.5. The van der Waals surface area contributed by atoms with Crippen LogP contribution in [0.3, 0.4) is 0 Å². The summed E-state index contributed by atoms with van der Waals surface area (Å²) in [4.78, 5) is 28.6. The Morgan fingerprint density at radius 2 is 1.06 bits per heavy atom. The van der Waals surface area contributed by atoms with Crippen LogP contribution in [0.4, 0.5) is 0 Å². The zero-order valence-electron chi connectivity index (χ0n) is 10.6. The van der Waals surface area contributed by atoms with E-state index in [0.717, 1.165) is 17.7 Å². The monoisotopic (exact) mass is 258 g/mol. The highest BCUT2D eigenvalue weighted by Gasteiger charge is 1.99. The first-order valence-electron chi connectivity index (χ1n) is 4.68. The van der Waals surface area contributed by atoms with Crippen molar-refractivity contribution in [1.82, 2.24) is 0 Å². The van der Waals surface area contributed by atoms with Crippen molar-refractivity contribution < 1.29 is 29.7 Å². The largest absolute Gasteiger partial charge is 0.478 e. The predicted octanol–water partition coefficient (Wildman–Crippen LogP) is 1.94. The van der Waals surface area contributed by atoms with Gasteiger partial charge in [-0.1, -0.05) is 18.7 Å². The summed E-state index contributed by atoms with van der Waals surface area (Å²) in [5.74, 6) is -2.79. The van der Waals surface area contributed by atoms with Gasteiger partial charge in [0, 0.05) is 17.7 Å². The van der Waals surface area contributed by atoms with E-state index in [0.29, 0.717) is 5.57 Å². The molecule has 0 aromatic heterocycles. The van der Waals surface area contributed by atoms with Gasteiger partial charge in [0.15, 0.2) is 0 Å². The molecule has 6 nitrogen and oxygen atoms in total. The Hall–Kier alpha value is -2.37. The molecule has 3 N–H and O–H groups in total. The van der Waals surface area contributed by atoms with Crippen LogP contribution in [0.15, 0.2) is 36.5 Å². The molecule has 0 aliphatic rings. The third kappa shape index (κ3) is 23.4. The van der Waals surface area contributed by atoms with Gasteiger partial charge in [-0.05, 0) is 20.8 Å². The number of carboxylic acids is 3. The molecule has 6 heteroatoms. The molecule has 0 bridgehead atoms. The molecule has 0 saturated carbocycles. The lowest BCUT2D eigenvalue weighted by Crippen LogP contribution is -1.97. The maximum Gasteiger partial charge on any atom is 0.331 e. The molecule has 0 rings (SSSR count). The van der Waals surface area contributed by atoms with E-state index in [-0.39, 0.29) is 0 Å². The maximum atomic E-state index is 10.1. The summed E-state index contributed by atoms with van der Waals surface area (Å²) < 4.78 is 0. The Labute approximate surface area is 106 Å². The zero-order chi connectivity index (χ0) is 15.3. The van der Waals surface area contributed by atoms with Crippen LogP contribution >= 0.6 is 0 Å². The zero-order valence-corrected chi connectivity index (χ0v) is 10.6. The lowest BCUT2D eigenvalue weighted by Gasteiger charge is -1.92. The Bertz CT molecular complexity index is 330. The van der Waals surface area contributed by atoms with Crippen molar-refractivity contribution in [2.75, 3.05) is 0 Å². The molecular formula is C12H18O6. The molecule has 0 radical (unpaired) electrons. The smallest absolute Gasteiger partial charge is 0.331 e. The Balaban J connectivity index is -0.000000197. The van der Waals surface area contributed by atoms with E-state index in [4.69, 9.17) is 15.3 Å². The van der Waals surface area contributed by atoms with Crippen molar-refractivity contribution in [3.05, 3.63) is 36.5 Å². The number of allylic oxidation sites excluding steroid dienone is 1. The Morgan fingerprint density at radius 3 is 1.06 bits per heavy atom. The van der Waals surface area contributed by atoms with Crippen molar-refractivity contribution >= 4 is 17.9 Å². The summed E-state index contributed by atoms with van der Waals surface area (Å²) in [6, 6.07) is 0. The minimum Gasteiger partial charge on any atom is -0.478 e. The van der Waals surface area contributed by atoms with Gasteiger partial charge in [-0.2, -0.15) is 0 Å². The normalized spacial score (nSPS) is 7.28. The van der Waals surface area contributed by atoms with Gasteiger partial charge in [-0.15, -0.1) is 0 Å². The summed E-state index contributed by atoms with van der Waals surface area (Å²) in [6.45, 7) is 11.1. The number of carbonyl (C=O) groups is 3. The first-order chi connectivity index (χ1) is 8.09. The lowest BCUT2D eigenvalue weighted by atomic mass is 10.2. The van der Waals surface area contributed by atoms with Gasteiger partial charge in [0.2, 0.25) is 0 Å². The van der Waals surface area contributed by atoms with E-state index in [1.165, 1.54) is 0 Å². The topological polar surface area (TPSA) is 112 Å². The first-order valence-corrected chi connectivity index (χ1v) is 4.68. The minimum atomic E-state index is -0.981. The molecular weight excluding hydrogens is 240 g/mol. The van der Waals surface area contributed by atoms with Crippen LogP contribution in [0, 0.1) is 0 Å². The second-order valence-electron chi connectivity index (χ2n) is 3.01. The quantitative estimate of drug-likeness (QED) is 0.667. The van der Waals surface area contributed by atoms with E-state index in [2.05, 4.69) is 13.2 Å². The van der Waals surface area contributed by atoms with Crippen LogP contribution in [0.25, 0.3) is 0 Å². The third-order valence-corrected chi connectivity index (χ3v) is 1.42. The van der Waals surface area contributed by atoms with Gasteiger partial charge in [0.05, 0.1) is 0 Å². The van der Waals surface area contributed by atoms with Gasteiger partial charge in [-0.25, -0.2) is 14.4 Å². The lowest BCUT2D eigenvalue weighted by molar-refractivity contribution is -0.133. The number of aliphatic carboxylic acids is 3. The van der Waals surface area contributed by atoms with Crippen LogP contribution in [0.5, 0.6) is 0 Å². The number of hydrogen-bond donors (Lipinski definition) is 3. The van der Waals surface area contributed by atoms with Crippen LogP contribution in [0.1, 0.15) is 20.8 Å². The van der Waals surface area contributed by atoms with Gasteiger partial charge in [-0.3, -0.25) is 0 Å². The highest BCUT2D eigenvalue weighted by molar-refractivity contribution is 5.86. The molecule has 18 heavy (non-hydrogen) atoms. The second kappa shape index (κ2) is 12.7. The van der Waals surface area contributed by atoms with Crippen molar-refractivity contribution in [1.29, 1.82) is 0 Å². The van der Waals surface area contributed by atoms with Crippen LogP contribution in [-0.2, 0) is 14.4 Å². The fourth-order valence-corrected chi connectivity index (χ4v) is 0.214. The Morgan fingerprint density at radius 1 is 0.833 bits per heavy atom. The van der Waals surface area contributed by atoms with E-state index < -0.39 is 17.9 Å². The van der Waals surface area contributed by atoms with Gasteiger partial charge < -0.3 is 15.3 Å². The summed E-state index contributed by atoms with van der Waals surface area (Å²) in [5.41, 5.74) is 1.29. The maximum absolute atomic E-state index is 10.1. The van der Waals surface area contributed by atoms with Crippen LogP contribution in [-0.4, -0.2) is 33.2 Å². The van der Waals surface area contributed by atoms with Gasteiger partial charge >= 0.3 is 17.9 Å². The highest BCUT2D eigenvalue weighted by atomic mass is 16.4. The molecule has 0 aromatic carbocycles. The summed E-state index contributed by atoms with van der Waals surface area (Å²) in [7, 11) is 0. The molecule has 0 heterocycles. The van der Waals surface area contributed by atoms with E-state index in [9.17, 15) is 14.4 Å². The highest BCUT2D eigenvalue weighted by Crippen LogP contribution is 1.99. The van der Waals surface area contributed by atoms with E-state index in [1.54, 1.807) is 20.8 Å². The van der Waals surface area contributed by atoms with Crippen LogP contribution < -0.4 is 0 Å². The van der Waals surface area contributed by atoms with E-state index >= 15 is 0 Å². The molecule has 0 aliphatic carbocycles. The number of hydrogen-bond acceptors (Lipinski definition) is 3. The average molecular weight is 258 g/mol. The molecule has 102 valence electrons. The minimum absolute atomic E-state index is 0.435. The number of carboxylic acid groups (broad SMARTS) is 3. The van der Waals surface area contributed by atoms with Gasteiger partial charge in [0.25, 0.3) is 0 Å². The Kier molecular flexibility index (Phi) is 14.8. The fourth-order valence-electron chi connectivity index (χ4n) is 0.214. The van der Waals surface area contributed by atoms with Crippen molar-refractivity contribution in [2.24, 2.45) is 0 Å². The summed E-state index contributed by atoms with van der Waals surface area (Å²) >= 11 is 0. The van der Waals surface area contributed by atoms with E-state index in [1.807, 2.05) is 0 Å². The molecule has 0 fully saturated rings. The second-order valence-corrected chi connectivity index (χ2v) is 3.01. The van der Waals surface area contributed by atoms with Crippen molar-refractivity contribution in [2.45, 2.75) is 20.8 Å². The van der Waals surface area contributed by atoms with Crippen molar-refractivity contribution in [3.63, 3.8) is 0 Å². The standard InChI is InChI=1S/C6H10O2.2C3H4O2/c1-4(2)5(3)6(7)8;2*1-2-3(4)5/h1-3H3,(H,7,8);2*2H,1H2,(H,4,5).